The fourth-order valence-corrected chi connectivity index (χ4v) is 1.81. The first-order valence-corrected chi connectivity index (χ1v) is 6.53. The molecule has 0 fully saturated rings. The first-order valence-electron chi connectivity index (χ1n) is 6.53. The molecule has 114 valence electrons. The van der Waals surface area contributed by atoms with E-state index in [0.29, 0.717) is 28.4 Å². The van der Waals surface area contributed by atoms with E-state index in [1.807, 2.05) is 0 Å². The summed E-state index contributed by atoms with van der Waals surface area (Å²) in [5.74, 6) is 0.438. The third-order valence-electron chi connectivity index (χ3n) is 2.85. The first-order chi connectivity index (χ1) is 10.5. The average molecular weight is 300 g/mol. The smallest absolute Gasteiger partial charge is 0.337 e. The summed E-state index contributed by atoms with van der Waals surface area (Å²) in [6, 6.07) is 11.5. The number of nitrogen functional groups attached to an aromatic ring is 1. The lowest BCUT2D eigenvalue weighted by Gasteiger charge is -2.10. The number of carbonyl (C=O) groups excluding carboxylic acids is 2. The van der Waals surface area contributed by atoms with E-state index in [1.165, 1.54) is 14.0 Å². The van der Waals surface area contributed by atoms with Crippen LogP contribution in [0.25, 0.3) is 0 Å². The molecule has 3 N–H and O–H groups in total. The van der Waals surface area contributed by atoms with Gasteiger partial charge in [-0.1, -0.05) is 0 Å². The Morgan fingerprint density at radius 2 is 1.68 bits per heavy atom. The predicted octanol–water partition coefficient (Wildman–Crippen LogP) is 2.81. The van der Waals surface area contributed by atoms with Gasteiger partial charge in [0.15, 0.2) is 0 Å². The summed E-state index contributed by atoms with van der Waals surface area (Å²) in [4.78, 5) is 22.5. The Labute approximate surface area is 127 Å². The zero-order chi connectivity index (χ0) is 16.1. The second kappa shape index (κ2) is 6.62. The van der Waals surface area contributed by atoms with Gasteiger partial charge in [-0.2, -0.15) is 0 Å². The minimum atomic E-state index is -0.410. The van der Waals surface area contributed by atoms with Crippen LogP contribution < -0.4 is 15.8 Å². The van der Waals surface area contributed by atoms with Crippen molar-refractivity contribution in [3.63, 3.8) is 0 Å². The molecule has 2 aromatic rings. The fourth-order valence-electron chi connectivity index (χ4n) is 1.81. The number of nitrogens with one attached hydrogen (secondary N) is 1. The monoisotopic (exact) mass is 300 g/mol. The molecule has 6 heteroatoms. The zero-order valence-corrected chi connectivity index (χ0v) is 12.3. The number of amides is 1. The van der Waals surface area contributed by atoms with Crippen LogP contribution in [0.1, 0.15) is 17.3 Å². The van der Waals surface area contributed by atoms with Gasteiger partial charge in [-0.05, 0) is 36.4 Å². The summed E-state index contributed by atoms with van der Waals surface area (Å²) in [5.41, 5.74) is 7.14. The molecule has 0 heterocycles. The quantitative estimate of drug-likeness (QED) is 0.669. The van der Waals surface area contributed by atoms with Gasteiger partial charge in [-0.15, -0.1) is 0 Å². The molecule has 22 heavy (non-hydrogen) atoms. The number of benzene rings is 2. The zero-order valence-electron chi connectivity index (χ0n) is 12.3. The topological polar surface area (TPSA) is 90.7 Å². The van der Waals surface area contributed by atoms with E-state index in [9.17, 15) is 9.59 Å². The first kappa shape index (κ1) is 15.4. The lowest BCUT2D eigenvalue weighted by molar-refractivity contribution is -0.114. The van der Waals surface area contributed by atoms with E-state index in [-0.39, 0.29) is 5.91 Å². The van der Waals surface area contributed by atoms with E-state index in [0.717, 1.165) is 0 Å². The van der Waals surface area contributed by atoms with Crippen molar-refractivity contribution in [3.8, 4) is 11.5 Å². The molecular formula is C16H16N2O4. The van der Waals surface area contributed by atoms with E-state index in [2.05, 4.69) is 10.1 Å². The van der Waals surface area contributed by atoms with Crippen molar-refractivity contribution in [1.82, 2.24) is 0 Å². The van der Waals surface area contributed by atoms with Crippen molar-refractivity contribution in [1.29, 1.82) is 0 Å². The third kappa shape index (κ3) is 3.76. The van der Waals surface area contributed by atoms with Crippen LogP contribution in [0.4, 0.5) is 11.4 Å². The van der Waals surface area contributed by atoms with Crippen molar-refractivity contribution >= 4 is 23.3 Å². The highest BCUT2D eigenvalue weighted by Crippen LogP contribution is 2.28. The number of ether oxygens (including phenoxy) is 2. The van der Waals surface area contributed by atoms with Crippen molar-refractivity contribution in [2.75, 3.05) is 18.2 Å². The molecular weight excluding hydrogens is 284 g/mol. The predicted molar refractivity (Wildman–Crippen MR) is 83.0 cm³/mol. The molecule has 1 amide bonds. The second-order valence-electron chi connectivity index (χ2n) is 4.55. The highest BCUT2D eigenvalue weighted by atomic mass is 16.5. The van der Waals surface area contributed by atoms with E-state index < -0.39 is 5.97 Å². The molecule has 0 aliphatic carbocycles. The van der Waals surface area contributed by atoms with E-state index in [1.54, 1.807) is 42.5 Å². The highest BCUT2D eigenvalue weighted by Gasteiger charge is 2.07. The minimum Gasteiger partial charge on any atom is -0.465 e. The van der Waals surface area contributed by atoms with Gasteiger partial charge in [0.1, 0.15) is 11.5 Å². The largest absolute Gasteiger partial charge is 0.465 e. The Morgan fingerprint density at radius 1 is 1.05 bits per heavy atom. The molecule has 2 aromatic carbocycles. The number of rotatable bonds is 4. The molecule has 0 unspecified atom stereocenters. The van der Waals surface area contributed by atoms with Crippen LogP contribution >= 0.6 is 0 Å². The number of hydrogen-bond acceptors (Lipinski definition) is 5. The fraction of sp³-hybridized carbons (Fsp3) is 0.125. The maximum atomic E-state index is 11.4. The Kier molecular flexibility index (Phi) is 4.63. The Hall–Kier alpha value is -3.02. The minimum absolute atomic E-state index is 0.216. The van der Waals surface area contributed by atoms with Crippen molar-refractivity contribution in [2.45, 2.75) is 6.92 Å². The Bertz CT molecular complexity index is 696. The summed E-state index contributed by atoms with van der Waals surface area (Å²) < 4.78 is 10.3. The SMILES string of the molecule is COC(=O)c1ccc(Oc2ccc(N)c(NC(C)=O)c2)cc1. The summed E-state index contributed by atoms with van der Waals surface area (Å²) >= 11 is 0. The van der Waals surface area contributed by atoms with E-state index >= 15 is 0 Å². The van der Waals surface area contributed by atoms with Crippen LogP contribution in [0.15, 0.2) is 42.5 Å². The lowest BCUT2D eigenvalue weighted by Crippen LogP contribution is -2.08. The van der Waals surface area contributed by atoms with Gasteiger partial charge in [0.2, 0.25) is 5.91 Å². The standard InChI is InChI=1S/C16H16N2O4/c1-10(19)18-15-9-13(7-8-14(15)17)22-12-5-3-11(4-6-12)16(20)21-2/h3-9H,17H2,1-2H3,(H,18,19). The molecule has 6 nitrogen and oxygen atoms in total. The van der Waals surface area contributed by atoms with Gasteiger partial charge in [0.25, 0.3) is 0 Å². The number of nitrogens with two attached hydrogens (primary N) is 1. The number of carbonyl (C=O) groups is 2. The molecule has 0 spiro atoms. The average Bonchev–Trinajstić information content (AvgIpc) is 2.50. The number of anilines is 2. The number of esters is 1. The van der Waals surface area contributed by atoms with Gasteiger partial charge in [-0.25, -0.2) is 4.79 Å². The highest BCUT2D eigenvalue weighted by molar-refractivity contribution is 5.92. The maximum Gasteiger partial charge on any atom is 0.337 e. The summed E-state index contributed by atoms with van der Waals surface area (Å²) in [6.45, 7) is 1.40. The van der Waals surface area contributed by atoms with Crippen LogP contribution in [0, 0.1) is 0 Å². The molecule has 0 saturated heterocycles. The van der Waals surface area contributed by atoms with Crippen LogP contribution in [0.5, 0.6) is 11.5 Å². The lowest BCUT2D eigenvalue weighted by atomic mass is 10.2. The molecule has 0 aliphatic heterocycles. The van der Waals surface area contributed by atoms with Crippen molar-refractivity contribution in [3.05, 3.63) is 48.0 Å². The summed E-state index contributed by atoms with van der Waals surface area (Å²) in [6.07, 6.45) is 0. The van der Waals surface area contributed by atoms with Crippen molar-refractivity contribution in [2.24, 2.45) is 0 Å². The Morgan fingerprint density at radius 3 is 2.27 bits per heavy atom. The van der Waals surface area contributed by atoms with Crippen LogP contribution in [0.2, 0.25) is 0 Å². The van der Waals surface area contributed by atoms with Gasteiger partial charge in [-0.3, -0.25) is 4.79 Å². The van der Waals surface area contributed by atoms with Gasteiger partial charge in [0, 0.05) is 13.0 Å². The van der Waals surface area contributed by atoms with Crippen LogP contribution in [-0.4, -0.2) is 19.0 Å². The molecule has 0 radical (unpaired) electrons. The number of methoxy groups -OCH3 is 1. The molecule has 2 rings (SSSR count). The summed E-state index contributed by atoms with van der Waals surface area (Å²) in [7, 11) is 1.32. The summed E-state index contributed by atoms with van der Waals surface area (Å²) in [5, 5.41) is 2.63. The number of hydrogen-bond donors (Lipinski definition) is 2. The maximum absolute atomic E-state index is 11.4. The van der Waals surface area contributed by atoms with Crippen LogP contribution in [0.3, 0.4) is 0 Å². The van der Waals surface area contributed by atoms with E-state index in [4.69, 9.17) is 10.5 Å². The molecule has 0 saturated carbocycles. The van der Waals surface area contributed by atoms with Gasteiger partial charge in [0.05, 0.1) is 24.0 Å². The van der Waals surface area contributed by atoms with Crippen LogP contribution in [-0.2, 0) is 9.53 Å². The molecule has 0 aliphatic rings. The Balaban J connectivity index is 2.16. The molecule has 0 aromatic heterocycles. The molecule has 0 bridgehead atoms. The second-order valence-corrected chi connectivity index (χ2v) is 4.55. The van der Waals surface area contributed by atoms with Gasteiger partial charge >= 0.3 is 5.97 Å². The van der Waals surface area contributed by atoms with Gasteiger partial charge < -0.3 is 20.5 Å². The normalized spacial score (nSPS) is 9.91. The van der Waals surface area contributed by atoms with Crippen molar-refractivity contribution < 1.29 is 19.1 Å². The third-order valence-corrected chi connectivity index (χ3v) is 2.85. The molecule has 0 atom stereocenters.